The van der Waals surface area contributed by atoms with Crippen molar-refractivity contribution in [3.8, 4) is 0 Å². The topological polar surface area (TPSA) is 56.5 Å². The molecule has 0 saturated heterocycles. The second-order valence-corrected chi connectivity index (χ2v) is 8.41. The maximum atomic E-state index is 6.06. The van der Waals surface area contributed by atoms with E-state index in [2.05, 4.69) is 12.2 Å². The maximum absolute atomic E-state index is 6.06. The molecule has 0 amide bonds. The Balaban J connectivity index is 2.84. The third-order valence-electron chi connectivity index (χ3n) is 2.79. The highest BCUT2D eigenvalue weighted by Crippen LogP contribution is 2.49. The summed E-state index contributed by atoms with van der Waals surface area (Å²) < 4.78 is 11.6. The number of benzene rings is 1. The van der Waals surface area contributed by atoms with Gasteiger partial charge in [0.2, 0.25) is 0 Å². The fraction of sp³-hybridized carbons (Fsp3) is 0.538. The van der Waals surface area contributed by atoms with Gasteiger partial charge in [0.05, 0.1) is 6.61 Å². The zero-order valence-corrected chi connectivity index (χ0v) is 13.4. The van der Waals surface area contributed by atoms with Gasteiger partial charge in [-0.15, -0.1) is 0 Å². The van der Waals surface area contributed by atoms with E-state index in [0.717, 1.165) is 5.56 Å². The van der Waals surface area contributed by atoms with Gasteiger partial charge in [-0.25, -0.2) is 0 Å². The summed E-state index contributed by atoms with van der Waals surface area (Å²) in [4.78, 5) is 0. The molecule has 0 saturated carbocycles. The molecule has 1 rings (SSSR count). The van der Waals surface area contributed by atoms with Crippen molar-refractivity contribution >= 4 is 18.3 Å². The molecule has 3 N–H and O–H groups in total. The lowest BCUT2D eigenvalue weighted by Crippen LogP contribution is -2.30. The first-order chi connectivity index (χ1) is 9.00. The number of likely N-dealkylation sites (N-methyl/N-ethyl adjacent to an activating group) is 1. The zero-order valence-electron chi connectivity index (χ0n) is 11.7. The van der Waals surface area contributed by atoms with E-state index in [0.29, 0.717) is 13.2 Å². The molecule has 3 unspecified atom stereocenters. The van der Waals surface area contributed by atoms with Crippen LogP contribution in [0.4, 0.5) is 0 Å². The van der Waals surface area contributed by atoms with Gasteiger partial charge in [0.25, 0.3) is 0 Å². The molecule has 0 heterocycles. The van der Waals surface area contributed by atoms with Gasteiger partial charge in [-0.2, -0.15) is 0 Å². The lowest BCUT2D eigenvalue weighted by Gasteiger charge is -2.29. The van der Waals surface area contributed by atoms with Crippen LogP contribution in [0.25, 0.3) is 0 Å². The molecule has 6 heteroatoms. The summed E-state index contributed by atoms with van der Waals surface area (Å²) in [6.45, 7) is 2.51. The minimum atomic E-state index is -2.28. The second-order valence-electron chi connectivity index (χ2n) is 4.41. The van der Waals surface area contributed by atoms with Gasteiger partial charge in [-0.1, -0.05) is 30.3 Å². The molecule has 0 aliphatic heterocycles. The lowest BCUT2D eigenvalue weighted by molar-refractivity contribution is 0.152. The Morgan fingerprint density at radius 1 is 1.37 bits per heavy atom. The predicted molar refractivity (Wildman–Crippen MR) is 84.0 cm³/mol. The summed E-state index contributed by atoms with van der Waals surface area (Å²) in [7, 11) is 1.91. The first kappa shape index (κ1) is 16.8. The average molecular weight is 302 g/mol. The highest BCUT2D eigenvalue weighted by Gasteiger charge is 2.25. The summed E-state index contributed by atoms with van der Waals surface area (Å²) in [5, 5.41) is 3.21. The third-order valence-corrected chi connectivity index (χ3v) is 4.62. The molecule has 0 spiro atoms. The monoisotopic (exact) mass is 302 g/mol. The van der Waals surface area contributed by atoms with Crippen LogP contribution in [0, 0.1) is 0 Å². The Hall–Kier alpha value is -0.290. The molecule has 0 radical (unpaired) electrons. The number of hydrogen-bond donors (Lipinski definition) is 2. The minimum Gasteiger partial charge on any atom is -0.328 e. The fourth-order valence-electron chi connectivity index (χ4n) is 1.69. The van der Waals surface area contributed by atoms with Crippen LogP contribution in [-0.2, 0) is 20.9 Å². The molecule has 1 aromatic rings. The maximum Gasteiger partial charge on any atom is 0.186 e. The second kappa shape index (κ2) is 8.10. The third kappa shape index (κ3) is 5.69. The van der Waals surface area contributed by atoms with Crippen molar-refractivity contribution in [3.63, 3.8) is 0 Å². The van der Waals surface area contributed by atoms with Crippen molar-refractivity contribution in [2.75, 3.05) is 26.9 Å². The van der Waals surface area contributed by atoms with Crippen LogP contribution >= 0.6 is 6.49 Å². The Labute approximate surface area is 120 Å². The number of hydrogen-bond acceptors (Lipinski definition) is 5. The standard InChI is InChI=1S/C13H23N2O2PS/c1-11(15-2)13(12-7-5-4-6-8-12)17-18(3,19)16-10-9-14/h4-8,11,13,15H,9-10,14H2,1-3H3. The Morgan fingerprint density at radius 3 is 2.53 bits per heavy atom. The van der Waals surface area contributed by atoms with Gasteiger partial charge in [0, 0.05) is 19.3 Å². The zero-order chi connectivity index (χ0) is 14.3. The normalized spacial score (nSPS) is 17.7. The number of nitrogens with one attached hydrogen (secondary N) is 1. The van der Waals surface area contributed by atoms with Gasteiger partial charge in [0.15, 0.2) is 6.49 Å². The Bertz CT molecular complexity index is 416. The van der Waals surface area contributed by atoms with Gasteiger partial charge in [0.1, 0.15) is 6.10 Å². The summed E-state index contributed by atoms with van der Waals surface area (Å²) >= 11 is 5.44. The summed E-state index contributed by atoms with van der Waals surface area (Å²) in [5.74, 6) is 0. The molecular formula is C13H23N2O2PS. The quantitative estimate of drug-likeness (QED) is 0.722. The molecule has 0 aromatic heterocycles. The van der Waals surface area contributed by atoms with Crippen molar-refractivity contribution in [1.29, 1.82) is 0 Å². The van der Waals surface area contributed by atoms with Crippen molar-refractivity contribution in [2.45, 2.75) is 19.1 Å². The number of nitrogens with two attached hydrogens (primary N) is 1. The van der Waals surface area contributed by atoms with E-state index in [1.54, 1.807) is 0 Å². The summed E-state index contributed by atoms with van der Waals surface area (Å²) in [6.07, 6.45) is -0.125. The van der Waals surface area contributed by atoms with E-state index >= 15 is 0 Å². The van der Waals surface area contributed by atoms with E-state index < -0.39 is 6.49 Å². The van der Waals surface area contributed by atoms with E-state index in [1.165, 1.54) is 0 Å². The molecule has 3 atom stereocenters. The Kier molecular flexibility index (Phi) is 7.15. The highest BCUT2D eigenvalue weighted by atomic mass is 32.5. The number of rotatable bonds is 8. The van der Waals surface area contributed by atoms with Crippen LogP contribution in [0.5, 0.6) is 0 Å². The predicted octanol–water partition coefficient (Wildman–Crippen LogP) is 2.27. The van der Waals surface area contributed by atoms with Crippen molar-refractivity contribution in [3.05, 3.63) is 35.9 Å². The smallest absolute Gasteiger partial charge is 0.186 e. The minimum absolute atomic E-state index is 0.125. The van der Waals surface area contributed by atoms with E-state index in [4.69, 9.17) is 26.6 Å². The van der Waals surface area contributed by atoms with Crippen LogP contribution in [-0.4, -0.2) is 32.9 Å². The molecule has 0 aliphatic carbocycles. The Morgan fingerprint density at radius 2 is 2.00 bits per heavy atom. The van der Waals surface area contributed by atoms with E-state index in [9.17, 15) is 0 Å². The molecular weight excluding hydrogens is 279 g/mol. The van der Waals surface area contributed by atoms with E-state index in [1.807, 2.05) is 44.0 Å². The van der Waals surface area contributed by atoms with Crippen molar-refractivity contribution in [1.82, 2.24) is 5.32 Å². The molecule has 0 aliphatic rings. The van der Waals surface area contributed by atoms with Crippen LogP contribution in [0.2, 0.25) is 0 Å². The van der Waals surface area contributed by atoms with Gasteiger partial charge >= 0.3 is 0 Å². The van der Waals surface area contributed by atoms with E-state index in [-0.39, 0.29) is 12.1 Å². The SMILES string of the molecule is CNC(C)C(OP(C)(=S)OCCN)c1ccccc1. The van der Waals surface area contributed by atoms with Crippen LogP contribution < -0.4 is 11.1 Å². The molecule has 108 valence electrons. The highest BCUT2D eigenvalue weighted by molar-refractivity contribution is 8.09. The van der Waals surface area contributed by atoms with Gasteiger partial charge in [-0.05, 0) is 31.3 Å². The van der Waals surface area contributed by atoms with Crippen molar-refractivity contribution in [2.24, 2.45) is 5.73 Å². The van der Waals surface area contributed by atoms with Crippen LogP contribution in [0.15, 0.2) is 30.3 Å². The molecule has 0 bridgehead atoms. The summed E-state index contributed by atoms with van der Waals surface area (Å²) in [5.41, 5.74) is 6.54. The molecule has 1 aromatic carbocycles. The lowest BCUT2D eigenvalue weighted by atomic mass is 10.0. The fourth-order valence-corrected chi connectivity index (χ4v) is 3.41. The molecule has 4 nitrogen and oxygen atoms in total. The van der Waals surface area contributed by atoms with Crippen molar-refractivity contribution < 1.29 is 9.05 Å². The largest absolute Gasteiger partial charge is 0.328 e. The van der Waals surface area contributed by atoms with Gasteiger partial charge < -0.3 is 20.1 Å². The molecule has 0 fully saturated rings. The first-order valence-electron chi connectivity index (χ1n) is 6.33. The first-order valence-corrected chi connectivity index (χ1v) is 9.41. The van der Waals surface area contributed by atoms with Crippen LogP contribution in [0.1, 0.15) is 18.6 Å². The average Bonchev–Trinajstić information content (AvgIpc) is 2.43. The molecule has 19 heavy (non-hydrogen) atoms. The summed E-state index contributed by atoms with van der Waals surface area (Å²) in [6, 6.07) is 10.2. The van der Waals surface area contributed by atoms with Gasteiger partial charge in [-0.3, -0.25) is 0 Å². The van der Waals surface area contributed by atoms with Crippen LogP contribution in [0.3, 0.4) is 0 Å².